The van der Waals surface area contributed by atoms with Crippen molar-refractivity contribution in [2.24, 2.45) is 0 Å². The number of hydrogen-bond donors (Lipinski definition) is 2. The molecular formula is C20H21ClN2O3. The average Bonchev–Trinajstić information content (AvgIpc) is 2.91. The molecule has 0 unspecified atom stereocenters. The van der Waals surface area contributed by atoms with Crippen LogP contribution in [-0.4, -0.2) is 30.1 Å². The smallest absolute Gasteiger partial charge is 0.337 e. The summed E-state index contributed by atoms with van der Waals surface area (Å²) in [5.41, 5.74) is 1.84. The fourth-order valence-corrected chi connectivity index (χ4v) is 3.30. The van der Waals surface area contributed by atoms with Gasteiger partial charge in [0.25, 0.3) is 5.91 Å². The third-order valence-corrected chi connectivity index (χ3v) is 4.79. The Hall–Kier alpha value is -2.53. The zero-order valence-corrected chi connectivity index (χ0v) is 15.1. The van der Waals surface area contributed by atoms with Gasteiger partial charge in [0.1, 0.15) is 0 Å². The van der Waals surface area contributed by atoms with Gasteiger partial charge in [0.2, 0.25) is 0 Å². The van der Waals surface area contributed by atoms with Gasteiger partial charge in [-0.1, -0.05) is 24.4 Å². The lowest BCUT2D eigenvalue weighted by Crippen LogP contribution is -2.26. The Balaban J connectivity index is 1.82. The number of carbonyl (C=O) groups excluding carboxylic acids is 1. The molecule has 1 amide bonds. The summed E-state index contributed by atoms with van der Waals surface area (Å²) in [5, 5.41) is 12.9. The number of benzene rings is 2. The highest BCUT2D eigenvalue weighted by atomic mass is 35.5. The molecule has 5 nitrogen and oxygen atoms in total. The maximum Gasteiger partial charge on any atom is 0.337 e. The summed E-state index contributed by atoms with van der Waals surface area (Å²) in [4.78, 5) is 26.2. The molecule has 1 saturated heterocycles. The first kappa shape index (κ1) is 18.3. The van der Waals surface area contributed by atoms with E-state index in [-0.39, 0.29) is 11.5 Å². The van der Waals surface area contributed by atoms with E-state index in [0.717, 1.165) is 25.9 Å². The average molecular weight is 373 g/mol. The van der Waals surface area contributed by atoms with Gasteiger partial charge in [0.05, 0.1) is 11.3 Å². The minimum absolute atomic E-state index is 0.209. The molecule has 0 bridgehead atoms. The van der Waals surface area contributed by atoms with E-state index >= 15 is 0 Å². The zero-order chi connectivity index (χ0) is 18.5. The Labute approximate surface area is 157 Å². The number of anilines is 2. The Morgan fingerprint density at radius 3 is 2.23 bits per heavy atom. The van der Waals surface area contributed by atoms with Crippen molar-refractivity contribution in [3.8, 4) is 0 Å². The first-order chi connectivity index (χ1) is 12.5. The van der Waals surface area contributed by atoms with Gasteiger partial charge >= 0.3 is 5.97 Å². The highest BCUT2D eigenvalue weighted by Gasteiger charge is 2.18. The van der Waals surface area contributed by atoms with Crippen molar-refractivity contribution in [2.45, 2.75) is 25.7 Å². The Bertz CT molecular complexity index is 797. The molecule has 0 aliphatic carbocycles. The van der Waals surface area contributed by atoms with Gasteiger partial charge in [0, 0.05) is 29.4 Å². The molecule has 1 aliphatic rings. The molecule has 0 aromatic heterocycles. The number of hydrogen-bond acceptors (Lipinski definition) is 3. The molecular weight excluding hydrogens is 352 g/mol. The number of carboxylic acids is 1. The largest absolute Gasteiger partial charge is 0.478 e. The van der Waals surface area contributed by atoms with Crippen LogP contribution in [0.4, 0.5) is 11.4 Å². The van der Waals surface area contributed by atoms with Crippen LogP contribution in [0.25, 0.3) is 0 Å². The van der Waals surface area contributed by atoms with Crippen molar-refractivity contribution < 1.29 is 14.7 Å². The molecule has 0 spiro atoms. The second-order valence-corrected chi connectivity index (χ2v) is 6.84. The fraction of sp³-hybridized carbons (Fsp3) is 0.300. The topological polar surface area (TPSA) is 69.6 Å². The number of nitrogens with one attached hydrogen (secondary N) is 1. The highest BCUT2D eigenvalue weighted by molar-refractivity contribution is 6.30. The van der Waals surface area contributed by atoms with Crippen molar-refractivity contribution in [1.82, 2.24) is 0 Å². The number of rotatable bonds is 4. The molecule has 136 valence electrons. The van der Waals surface area contributed by atoms with E-state index < -0.39 is 5.97 Å². The second kappa shape index (κ2) is 8.23. The summed E-state index contributed by atoms with van der Waals surface area (Å²) in [7, 11) is 0. The van der Waals surface area contributed by atoms with E-state index in [1.165, 1.54) is 18.9 Å². The predicted octanol–water partition coefficient (Wildman–Crippen LogP) is 4.67. The van der Waals surface area contributed by atoms with Gasteiger partial charge in [-0.3, -0.25) is 4.79 Å². The highest BCUT2D eigenvalue weighted by Crippen LogP contribution is 2.27. The van der Waals surface area contributed by atoms with Gasteiger partial charge in [-0.15, -0.1) is 0 Å². The molecule has 0 radical (unpaired) electrons. The third kappa shape index (κ3) is 4.35. The monoisotopic (exact) mass is 372 g/mol. The maximum absolute atomic E-state index is 12.3. The molecule has 26 heavy (non-hydrogen) atoms. The number of halogens is 1. The van der Waals surface area contributed by atoms with Crippen molar-refractivity contribution >= 4 is 34.9 Å². The normalized spacial score (nSPS) is 14.6. The van der Waals surface area contributed by atoms with E-state index in [4.69, 9.17) is 11.6 Å². The number of amides is 1. The van der Waals surface area contributed by atoms with E-state index in [2.05, 4.69) is 10.2 Å². The van der Waals surface area contributed by atoms with Gasteiger partial charge in [-0.05, 0) is 55.3 Å². The third-order valence-electron chi connectivity index (χ3n) is 4.54. The fourth-order valence-electron chi connectivity index (χ4n) is 3.18. The van der Waals surface area contributed by atoms with Crippen molar-refractivity contribution in [3.05, 3.63) is 58.6 Å². The van der Waals surface area contributed by atoms with Gasteiger partial charge in [-0.25, -0.2) is 4.79 Å². The quantitative estimate of drug-likeness (QED) is 0.818. The van der Waals surface area contributed by atoms with Crippen LogP contribution in [0, 0.1) is 0 Å². The predicted molar refractivity (Wildman–Crippen MR) is 103 cm³/mol. The lowest BCUT2D eigenvalue weighted by atomic mass is 10.1. The van der Waals surface area contributed by atoms with Crippen LogP contribution in [-0.2, 0) is 0 Å². The zero-order valence-electron chi connectivity index (χ0n) is 14.4. The summed E-state index contributed by atoms with van der Waals surface area (Å²) in [6.07, 6.45) is 4.48. The molecule has 3 rings (SSSR count). The molecule has 2 aromatic carbocycles. The van der Waals surface area contributed by atoms with Gasteiger partial charge in [-0.2, -0.15) is 0 Å². The van der Waals surface area contributed by atoms with Crippen LogP contribution in [0.5, 0.6) is 0 Å². The summed E-state index contributed by atoms with van der Waals surface area (Å²) >= 11 is 5.83. The molecule has 1 heterocycles. The number of nitrogens with zero attached hydrogens (tertiary/aromatic N) is 1. The summed E-state index contributed by atoms with van der Waals surface area (Å²) in [5.74, 6) is -1.30. The summed E-state index contributed by atoms with van der Waals surface area (Å²) in [6.45, 7) is 1.72. The number of carbonyl (C=O) groups is 2. The van der Waals surface area contributed by atoms with Gasteiger partial charge in [0.15, 0.2) is 0 Å². The first-order valence-electron chi connectivity index (χ1n) is 8.74. The SMILES string of the molecule is O=C(Nc1ccc(N2CCCCCC2)c(C(=O)O)c1)c1ccc(Cl)cc1. The minimum atomic E-state index is -0.994. The second-order valence-electron chi connectivity index (χ2n) is 6.40. The van der Waals surface area contributed by atoms with E-state index in [0.29, 0.717) is 22.0 Å². The van der Waals surface area contributed by atoms with Crippen LogP contribution in [0.15, 0.2) is 42.5 Å². The van der Waals surface area contributed by atoms with E-state index in [1.54, 1.807) is 36.4 Å². The Morgan fingerprint density at radius 2 is 1.62 bits per heavy atom. The van der Waals surface area contributed by atoms with E-state index in [9.17, 15) is 14.7 Å². The maximum atomic E-state index is 12.3. The minimum Gasteiger partial charge on any atom is -0.478 e. The van der Waals surface area contributed by atoms with Crippen LogP contribution in [0.1, 0.15) is 46.4 Å². The Kier molecular flexibility index (Phi) is 5.78. The molecule has 1 fully saturated rings. The summed E-state index contributed by atoms with van der Waals surface area (Å²) in [6, 6.07) is 11.6. The van der Waals surface area contributed by atoms with Gasteiger partial charge < -0.3 is 15.3 Å². The molecule has 1 aliphatic heterocycles. The van der Waals surface area contributed by atoms with E-state index in [1.807, 2.05) is 0 Å². The van der Waals surface area contributed by atoms with Crippen molar-refractivity contribution in [2.75, 3.05) is 23.3 Å². The molecule has 0 atom stereocenters. The molecule has 0 saturated carbocycles. The first-order valence-corrected chi connectivity index (χ1v) is 9.11. The molecule has 2 aromatic rings. The van der Waals surface area contributed by atoms with Crippen LogP contribution < -0.4 is 10.2 Å². The molecule has 6 heteroatoms. The number of aromatic carboxylic acids is 1. The summed E-state index contributed by atoms with van der Waals surface area (Å²) < 4.78 is 0. The molecule has 2 N–H and O–H groups in total. The number of carboxylic acid groups (broad SMARTS) is 1. The van der Waals surface area contributed by atoms with Crippen LogP contribution in [0.2, 0.25) is 5.02 Å². The van der Waals surface area contributed by atoms with Crippen LogP contribution >= 0.6 is 11.6 Å². The lowest BCUT2D eigenvalue weighted by molar-refractivity contribution is 0.0697. The van der Waals surface area contributed by atoms with Crippen molar-refractivity contribution in [3.63, 3.8) is 0 Å². The lowest BCUT2D eigenvalue weighted by Gasteiger charge is -2.24. The standard InChI is InChI=1S/C20H21ClN2O3/c21-15-7-5-14(6-8-15)19(24)22-16-9-10-18(17(13-16)20(25)26)23-11-3-1-2-4-12-23/h5-10,13H,1-4,11-12H2,(H,22,24)(H,25,26). The Morgan fingerprint density at radius 1 is 0.962 bits per heavy atom. The van der Waals surface area contributed by atoms with Crippen molar-refractivity contribution in [1.29, 1.82) is 0 Å². The van der Waals surface area contributed by atoms with Crippen LogP contribution in [0.3, 0.4) is 0 Å².